The van der Waals surface area contributed by atoms with E-state index >= 15 is 0 Å². The maximum atomic E-state index is 12.5. The molecule has 0 saturated heterocycles. The molecule has 1 atom stereocenters. The molecule has 1 aromatic carbocycles. The molecule has 2 aromatic rings. The summed E-state index contributed by atoms with van der Waals surface area (Å²) in [7, 11) is 0. The van der Waals surface area contributed by atoms with E-state index in [4.69, 9.17) is 5.73 Å². The van der Waals surface area contributed by atoms with Gasteiger partial charge in [0.2, 0.25) is 0 Å². The fourth-order valence-corrected chi connectivity index (χ4v) is 2.19. The summed E-state index contributed by atoms with van der Waals surface area (Å²) >= 11 is 0. The molecule has 2 N–H and O–H groups in total. The van der Waals surface area contributed by atoms with Gasteiger partial charge in [-0.25, -0.2) is 0 Å². The molecule has 0 aliphatic rings. The SMILES string of the molecule is CC(C)C(CN)C(=O)c1cncc2ccccc12. The number of pyridine rings is 1. The van der Waals surface area contributed by atoms with Crippen LogP contribution < -0.4 is 5.73 Å². The first kappa shape index (κ1) is 12.7. The predicted octanol–water partition coefficient (Wildman–Crippen LogP) is 2.65. The van der Waals surface area contributed by atoms with E-state index in [1.54, 1.807) is 12.4 Å². The maximum absolute atomic E-state index is 12.5. The van der Waals surface area contributed by atoms with Crippen LogP contribution in [0.15, 0.2) is 36.7 Å². The Morgan fingerprint density at radius 1 is 1.28 bits per heavy atom. The van der Waals surface area contributed by atoms with E-state index in [1.165, 1.54) is 0 Å². The standard InChI is InChI=1S/C15H18N2O/c1-10(2)13(7-16)15(18)14-9-17-8-11-5-3-4-6-12(11)14/h3-6,8-10,13H,7,16H2,1-2H3. The van der Waals surface area contributed by atoms with E-state index in [-0.39, 0.29) is 17.6 Å². The van der Waals surface area contributed by atoms with E-state index < -0.39 is 0 Å². The highest BCUT2D eigenvalue weighted by Gasteiger charge is 2.23. The lowest BCUT2D eigenvalue weighted by atomic mass is 9.87. The summed E-state index contributed by atoms with van der Waals surface area (Å²) in [5.74, 6) is 0.191. The third-order valence-corrected chi connectivity index (χ3v) is 3.33. The van der Waals surface area contributed by atoms with Crippen molar-refractivity contribution < 1.29 is 4.79 Å². The number of hydrogen-bond acceptors (Lipinski definition) is 3. The van der Waals surface area contributed by atoms with Crippen molar-refractivity contribution in [1.82, 2.24) is 4.98 Å². The molecule has 1 heterocycles. The van der Waals surface area contributed by atoms with Gasteiger partial charge in [0, 0.05) is 35.8 Å². The molecule has 0 aliphatic heterocycles. The van der Waals surface area contributed by atoms with Gasteiger partial charge < -0.3 is 5.73 Å². The molecule has 0 saturated carbocycles. The number of hydrogen-bond donors (Lipinski definition) is 1. The Morgan fingerprint density at radius 2 is 2.00 bits per heavy atom. The molecule has 0 fully saturated rings. The average Bonchev–Trinajstić information content (AvgIpc) is 2.38. The highest BCUT2D eigenvalue weighted by atomic mass is 16.1. The largest absolute Gasteiger partial charge is 0.330 e. The van der Waals surface area contributed by atoms with Crippen LogP contribution in [0.1, 0.15) is 24.2 Å². The lowest BCUT2D eigenvalue weighted by Crippen LogP contribution is -2.28. The Morgan fingerprint density at radius 3 is 2.67 bits per heavy atom. The van der Waals surface area contributed by atoms with Crippen LogP contribution in [0.2, 0.25) is 0 Å². The van der Waals surface area contributed by atoms with Crippen molar-refractivity contribution in [1.29, 1.82) is 0 Å². The van der Waals surface area contributed by atoms with Crippen molar-refractivity contribution >= 4 is 16.6 Å². The van der Waals surface area contributed by atoms with Gasteiger partial charge in [-0.3, -0.25) is 9.78 Å². The second-order valence-corrected chi connectivity index (χ2v) is 4.86. The van der Waals surface area contributed by atoms with E-state index in [0.29, 0.717) is 12.1 Å². The number of nitrogens with two attached hydrogens (primary N) is 1. The van der Waals surface area contributed by atoms with E-state index in [0.717, 1.165) is 10.8 Å². The normalized spacial score (nSPS) is 12.9. The summed E-state index contributed by atoms with van der Waals surface area (Å²) < 4.78 is 0. The summed E-state index contributed by atoms with van der Waals surface area (Å²) in [5.41, 5.74) is 6.39. The topological polar surface area (TPSA) is 56.0 Å². The Balaban J connectivity index is 2.51. The Kier molecular flexibility index (Phi) is 3.72. The molecule has 0 radical (unpaired) electrons. The minimum Gasteiger partial charge on any atom is -0.330 e. The van der Waals surface area contributed by atoms with Crippen molar-refractivity contribution in [3.05, 3.63) is 42.2 Å². The van der Waals surface area contributed by atoms with Crippen LogP contribution in [0.4, 0.5) is 0 Å². The van der Waals surface area contributed by atoms with Gasteiger partial charge in [-0.15, -0.1) is 0 Å². The number of fused-ring (bicyclic) bond motifs is 1. The smallest absolute Gasteiger partial charge is 0.169 e. The summed E-state index contributed by atoms with van der Waals surface area (Å²) in [6, 6.07) is 7.80. The van der Waals surface area contributed by atoms with Crippen LogP contribution in [0.5, 0.6) is 0 Å². The van der Waals surface area contributed by atoms with E-state index in [9.17, 15) is 4.79 Å². The van der Waals surface area contributed by atoms with Crippen LogP contribution in [0, 0.1) is 11.8 Å². The van der Waals surface area contributed by atoms with Crippen LogP contribution in [-0.4, -0.2) is 17.3 Å². The number of ketones is 1. The van der Waals surface area contributed by atoms with Gasteiger partial charge in [-0.1, -0.05) is 38.1 Å². The Bertz CT molecular complexity index is 558. The van der Waals surface area contributed by atoms with Crippen LogP contribution in [-0.2, 0) is 0 Å². The summed E-state index contributed by atoms with van der Waals surface area (Å²) in [5, 5.41) is 1.94. The molecule has 3 nitrogen and oxygen atoms in total. The average molecular weight is 242 g/mol. The van der Waals surface area contributed by atoms with Gasteiger partial charge in [-0.05, 0) is 11.3 Å². The third-order valence-electron chi connectivity index (χ3n) is 3.33. The summed E-state index contributed by atoms with van der Waals surface area (Å²) in [6.07, 6.45) is 3.43. The van der Waals surface area contributed by atoms with Crippen LogP contribution in [0.25, 0.3) is 10.8 Å². The number of Topliss-reactive ketones (excluding diaryl/α,β-unsaturated/α-hetero) is 1. The van der Waals surface area contributed by atoms with Gasteiger partial charge in [-0.2, -0.15) is 0 Å². The number of benzene rings is 1. The lowest BCUT2D eigenvalue weighted by Gasteiger charge is -2.18. The highest BCUT2D eigenvalue weighted by Crippen LogP contribution is 2.22. The molecular formula is C15H18N2O. The zero-order valence-corrected chi connectivity index (χ0v) is 10.8. The molecule has 0 spiro atoms. The number of carbonyl (C=O) groups is 1. The highest BCUT2D eigenvalue weighted by molar-refractivity contribution is 6.08. The van der Waals surface area contributed by atoms with Gasteiger partial charge in [0.25, 0.3) is 0 Å². The number of carbonyl (C=O) groups excluding carboxylic acids is 1. The third kappa shape index (κ3) is 2.27. The summed E-state index contributed by atoms with van der Waals surface area (Å²) in [4.78, 5) is 16.7. The Hall–Kier alpha value is -1.74. The quantitative estimate of drug-likeness (QED) is 0.838. The number of rotatable bonds is 4. The predicted molar refractivity (Wildman–Crippen MR) is 73.5 cm³/mol. The van der Waals surface area contributed by atoms with Crippen molar-refractivity contribution in [3.63, 3.8) is 0 Å². The molecule has 1 unspecified atom stereocenters. The minimum absolute atomic E-state index is 0.0943. The van der Waals surface area contributed by atoms with Crippen molar-refractivity contribution in [2.24, 2.45) is 17.6 Å². The second-order valence-electron chi connectivity index (χ2n) is 4.86. The first-order chi connectivity index (χ1) is 8.65. The van der Waals surface area contributed by atoms with E-state index in [2.05, 4.69) is 4.98 Å². The lowest BCUT2D eigenvalue weighted by molar-refractivity contribution is 0.0893. The molecular weight excluding hydrogens is 224 g/mol. The Labute approximate surface area is 107 Å². The van der Waals surface area contributed by atoms with Gasteiger partial charge >= 0.3 is 0 Å². The van der Waals surface area contributed by atoms with Gasteiger partial charge in [0.05, 0.1) is 0 Å². The number of nitrogens with zero attached hydrogens (tertiary/aromatic N) is 1. The molecule has 0 aliphatic carbocycles. The van der Waals surface area contributed by atoms with Gasteiger partial charge in [0.1, 0.15) is 0 Å². The molecule has 18 heavy (non-hydrogen) atoms. The second kappa shape index (κ2) is 5.27. The fourth-order valence-electron chi connectivity index (χ4n) is 2.19. The number of aromatic nitrogens is 1. The first-order valence-electron chi connectivity index (χ1n) is 6.22. The van der Waals surface area contributed by atoms with Crippen molar-refractivity contribution in [2.45, 2.75) is 13.8 Å². The molecule has 2 rings (SSSR count). The van der Waals surface area contributed by atoms with Gasteiger partial charge in [0.15, 0.2) is 5.78 Å². The molecule has 0 amide bonds. The molecule has 3 heteroatoms. The minimum atomic E-state index is -0.141. The van der Waals surface area contributed by atoms with Crippen LogP contribution in [0.3, 0.4) is 0 Å². The fraction of sp³-hybridized carbons (Fsp3) is 0.333. The monoisotopic (exact) mass is 242 g/mol. The zero-order valence-electron chi connectivity index (χ0n) is 10.8. The first-order valence-corrected chi connectivity index (χ1v) is 6.22. The van der Waals surface area contributed by atoms with Crippen LogP contribution >= 0.6 is 0 Å². The summed E-state index contributed by atoms with van der Waals surface area (Å²) in [6.45, 7) is 4.42. The van der Waals surface area contributed by atoms with Crippen molar-refractivity contribution in [3.8, 4) is 0 Å². The zero-order chi connectivity index (χ0) is 13.1. The maximum Gasteiger partial charge on any atom is 0.169 e. The van der Waals surface area contributed by atoms with E-state index in [1.807, 2.05) is 38.1 Å². The molecule has 0 bridgehead atoms. The molecule has 1 aromatic heterocycles. The van der Waals surface area contributed by atoms with Crippen molar-refractivity contribution in [2.75, 3.05) is 6.54 Å². The molecule has 94 valence electrons.